The summed E-state index contributed by atoms with van der Waals surface area (Å²) >= 11 is 5.99. The zero-order valence-corrected chi connectivity index (χ0v) is 14.4. The molecule has 2 heterocycles. The lowest BCUT2D eigenvalue weighted by Crippen LogP contribution is -1.99. The molecule has 0 N–H and O–H groups in total. The van der Waals surface area contributed by atoms with Gasteiger partial charge in [-0.25, -0.2) is 9.98 Å². The number of nitrogens with zero attached hydrogens (tertiary/aromatic N) is 3. The SMILES string of the molecule is Cc1ccc(/C=N/c2nc3ccccc3n2Cc2ccc(Cl)cc2)o1. The van der Waals surface area contributed by atoms with Crippen LogP contribution in [0, 0.1) is 6.92 Å². The summed E-state index contributed by atoms with van der Waals surface area (Å²) in [5.74, 6) is 2.21. The smallest absolute Gasteiger partial charge is 0.230 e. The van der Waals surface area contributed by atoms with Gasteiger partial charge in [-0.3, -0.25) is 0 Å². The van der Waals surface area contributed by atoms with Gasteiger partial charge in [0.05, 0.1) is 23.8 Å². The molecule has 0 aliphatic heterocycles. The summed E-state index contributed by atoms with van der Waals surface area (Å²) in [6.07, 6.45) is 1.70. The van der Waals surface area contributed by atoms with Crippen LogP contribution in [0.25, 0.3) is 11.0 Å². The summed E-state index contributed by atoms with van der Waals surface area (Å²) in [6.45, 7) is 2.58. The highest BCUT2D eigenvalue weighted by Crippen LogP contribution is 2.23. The quantitative estimate of drug-likeness (QED) is 0.463. The fraction of sp³-hybridized carbons (Fsp3) is 0.100. The molecule has 0 bridgehead atoms. The van der Waals surface area contributed by atoms with Crippen LogP contribution in [0.15, 0.2) is 70.1 Å². The van der Waals surface area contributed by atoms with Gasteiger partial charge in [0.15, 0.2) is 0 Å². The second kappa shape index (κ2) is 6.57. The van der Waals surface area contributed by atoms with Gasteiger partial charge in [-0.15, -0.1) is 0 Å². The summed E-state index contributed by atoms with van der Waals surface area (Å²) in [7, 11) is 0. The molecule has 4 nitrogen and oxygen atoms in total. The molecule has 0 saturated heterocycles. The van der Waals surface area contributed by atoms with Crippen molar-refractivity contribution in [2.24, 2.45) is 4.99 Å². The predicted octanol–water partition coefficient (Wildman–Crippen LogP) is 5.39. The Morgan fingerprint density at radius 2 is 1.88 bits per heavy atom. The molecule has 25 heavy (non-hydrogen) atoms. The average Bonchev–Trinajstić information content (AvgIpc) is 3.19. The van der Waals surface area contributed by atoms with E-state index in [0.717, 1.165) is 27.4 Å². The van der Waals surface area contributed by atoms with E-state index in [1.807, 2.05) is 67.6 Å². The molecule has 2 aromatic heterocycles. The molecular weight excluding hydrogens is 334 g/mol. The lowest BCUT2D eigenvalue weighted by molar-refractivity contribution is 0.528. The maximum Gasteiger partial charge on any atom is 0.230 e. The third kappa shape index (κ3) is 3.35. The van der Waals surface area contributed by atoms with Gasteiger partial charge >= 0.3 is 0 Å². The predicted molar refractivity (Wildman–Crippen MR) is 101 cm³/mol. The molecule has 2 aromatic carbocycles. The number of halogens is 1. The minimum atomic E-state index is 0.644. The molecule has 0 atom stereocenters. The van der Waals surface area contributed by atoms with Crippen LogP contribution in [-0.2, 0) is 6.54 Å². The maximum atomic E-state index is 5.99. The summed E-state index contributed by atoms with van der Waals surface area (Å²) in [6, 6.07) is 19.6. The number of rotatable bonds is 4. The molecule has 0 fully saturated rings. The zero-order chi connectivity index (χ0) is 17.2. The molecule has 0 aliphatic carbocycles. The number of aliphatic imine (C=N–C) groups is 1. The molecule has 0 amide bonds. The fourth-order valence-electron chi connectivity index (χ4n) is 2.73. The zero-order valence-electron chi connectivity index (χ0n) is 13.7. The molecule has 4 aromatic rings. The Bertz CT molecular complexity index is 1040. The summed E-state index contributed by atoms with van der Waals surface area (Å²) in [4.78, 5) is 9.19. The van der Waals surface area contributed by atoms with E-state index in [2.05, 4.69) is 14.5 Å². The Hall–Kier alpha value is -2.85. The number of benzene rings is 2. The number of furan rings is 1. The first-order valence-electron chi connectivity index (χ1n) is 7.99. The van der Waals surface area contributed by atoms with E-state index in [4.69, 9.17) is 16.0 Å². The highest BCUT2D eigenvalue weighted by atomic mass is 35.5. The fourth-order valence-corrected chi connectivity index (χ4v) is 2.86. The van der Waals surface area contributed by atoms with E-state index in [9.17, 15) is 0 Å². The van der Waals surface area contributed by atoms with E-state index in [0.29, 0.717) is 18.3 Å². The van der Waals surface area contributed by atoms with Crippen LogP contribution in [0.2, 0.25) is 5.02 Å². The number of para-hydroxylation sites is 2. The van der Waals surface area contributed by atoms with E-state index in [1.165, 1.54) is 0 Å². The monoisotopic (exact) mass is 349 g/mol. The Morgan fingerprint density at radius 1 is 1.08 bits per heavy atom. The molecule has 0 saturated carbocycles. The number of imidazole rings is 1. The second-order valence-corrected chi connectivity index (χ2v) is 6.26. The third-order valence-electron chi connectivity index (χ3n) is 3.96. The number of hydrogen-bond donors (Lipinski definition) is 0. The van der Waals surface area contributed by atoms with Crippen molar-refractivity contribution in [2.75, 3.05) is 0 Å². The standard InChI is InChI=1S/C20H16ClN3O/c1-14-6-11-17(25-14)12-22-20-23-18-4-2-3-5-19(18)24(20)13-15-7-9-16(21)10-8-15/h2-12H,13H2,1H3/b22-12+. The van der Waals surface area contributed by atoms with Crippen LogP contribution in [0.4, 0.5) is 5.95 Å². The highest BCUT2D eigenvalue weighted by molar-refractivity contribution is 6.30. The van der Waals surface area contributed by atoms with Gasteiger partial charge in [0.1, 0.15) is 11.5 Å². The van der Waals surface area contributed by atoms with Gasteiger partial charge in [0.25, 0.3) is 0 Å². The van der Waals surface area contributed by atoms with Crippen molar-refractivity contribution in [3.05, 3.63) is 82.8 Å². The first-order valence-corrected chi connectivity index (χ1v) is 8.37. The first-order chi connectivity index (χ1) is 12.2. The Balaban J connectivity index is 1.75. The molecule has 0 radical (unpaired) electrons. The van der Waals surface area contributed by atoms with Gasteiger partial charge in [0, 0.05) is 5.02 Å². The highest BCUT2D eigenvalue weighted by Gasteiger charge is 2.10. The molecule has 0 unspecified atom stereocenters. The number of fused-ring (bicyclic) bond motifs is 1. The normalized spacial score (nSPS) is 11.6. The summed E-state index contributed by atoms with van der Waals surface area (Å²) in [5.41, 5.74) is 3.09. The van der Waals surface area contributed by atoms with Crippen molar-refractivity contribution in [1.29, 1.82) is 0 Å². The van der Waals surface area contributed by atoms with Crippen molar-refractivity contribution >= 4 is 34.8 Å². The second-order valence-electron chi connectivity index (χ2n) is 5.82. The molecule has 0 aliphatic rings. The van der Waals surface area contributed by atoms with E-state index >= 15 is 0 Å². The van der Waals surface area contributed by atoms with Crippen LogP contribution in [0.5, 0.6) is 0 Å². The lowest BCUT2D eigenvalue weighted by Gasteiger charge is -2.07. The summed E-state index contributed by atoms with van der Waals surface area (Å²) in [5, 5.41) is 0.727. The van der Waals surface area contributed by atoms with E-state index in [1.54, 1.807) is 6.21 Å². The van der Waals surface area contributed by atoms with Crippen molar-refractivity contribution in [3.8, 4) is 0 Å². The van der Waals surface area contributed by atoms with Gasteiger partial charge in [0.2, 0.25) is 5.95 Å². The third-order valence-corrected chi connectivity index (χ3v) is 4.21. The average molecular weight is 350 g/mol. The van der Waals surface area contributed by atoms with Crippen LogP contribution >= 0.6 is 11.6 Å². The Morgan fingerprint density at radius 3 is 2.64 bits per heavy atom. The Labute approximate surface area is 150 Å². The van der Waals surface area contributed by atoms with Gasteiger partial charge in [-0.2, -0.15) is 0 Å². The van der Waals surface area contributed by atoms with Crippen molar-refractivity contribution in [2.45, 2.75) is 13.5 Å². The van der Waals surface area contributed by atoms with Gasteiger partial charge < -0.3 is 8.98 Å². The maximum absolute atomic E-state index is 5.99. The topological polar surface area (TPSA) is 43.3 Å². The lowest BCUT2D eigenvalue weighted by atomic mass is 10.2. The van der Waals surface area contributed by atoms with Crippen molar-refractivity contribution < 1.29 is 4.42 Å². The number of hydrogen-bond acceptors (Lipinski definition) is 3. The Kier molecular flexibility index (Phi) is 4.12. The minimum absolute atomic E-state index is 0.644. The van der Waals surface area contributed by atoms with E-state index in [-0.39, 0.29) is 0 Å². The largest absolute Gasteiger partial charge is 0.460 e. The summed E-state index contributed by atoms with van der Waals surface area (Å²) < 4.78 is 7.64. The minimum Gasteiger partial charge on any atom is -0.460 e. The molecular formula is C20H16ClN3O. The van der Waals surface area contributed by atoms with Gasteiger partial charge in [-0.1, -0.05) is 35.9 Å². The van der Waals surface area contributed by atoms with Crippen LogP contribution in [0.1, 0.15) is 17.1 Å². The van der Waals surface area contributed by atoms with Crippen LogP contribution < -0.4 is 0 Å². The van der Waals surface area contributed by atoms with Crippen LogP contribution in [-0.4, -0.2) is 15.8 Å². The van der Waals surface area contributed by atoms with E-state index < -0.39 is 0 Å². The van der Waals surface area contributed by atoms with Crippen molar-refractivity contribution in [3.63, 3.8) is 0 Å². The van der Waals surface area contributed by atoms with Crippen molar-refractivity contribution in [1.82, 2.24) is 9.55 Å². The molecule has 0 spiro atoms. The number of aromatic nitrogens is 2. The molecule has 124 valence electrons. The van der Waals surface area contributed by atoms with Crippen LogP contribution in [0.3, 0.4) is 0 Å². The number of aryl methyl sites for hydroxylation is 1. The van der Waals surface area contributed by atoms with Gasteiger partial charge in [-0.05, 0) is 48.9 Å². The molecule has 5 heteroatoms. The molecule has 4 rings (SSSR count). The first kappa shape index (κ1) is 15.7.